The third kappa shape index (κ3) is 8.61. The van der Waals surface area contributed by atoms with Gasteiger partial charge in [0.2, 0.25) is 5.91 Å². The highest BCUT2D eigenvalue weighted by molar-refractivity contribution is 7.97. The average molecular weight is 462 g/mol. The first-order chi connectivity index (χ1) is 15.1. The van der Waals surface area contributed by atoms with E-state index < -0.39 is 17.8 Å². The van der Waals surface area contributed by atoms with E-state index in [1.807, 2.05) is 39.8 Å². The molecule has 0 saturated heterocycles. The molecule has 1 atom stereocenters. The Morgan fingerprint density at radius 3 is 2.25 bits per heavy atom. The third-order valence-corrected chi connectivity index (χ3v) is 5.90. The van der Waals surface area contributed by atoms with Gasteiger partial charge in [-0.05, 0) is 93.1 Å². The van der Waals surface area contributed by atoms with Gasteiger partial charge in [-0.15, -0.1) is 0 Å². The minimum absolute atomic E-state index is 0.112. The van der Waals surface area contributed by atoms with E-state index in [0.29, 0.717) is 24.1 Å². The van der Waals surface area contributed by atoms with E-state index in [1.165, 1.54) is 36.2 Å². The number of benzene rings is 2. The van der Waals surface area contributed by atoms with Gasteiger partial charge in [0, 0.05) is 28.3 Å². The predicted octanol–water partition coefficient (Wildman–Crippen LogP) is 4.37. The molecule has 0 aliphatic rings. The van der Waals surface area contributed by atoms with Crippen LogP contribution in [-0.4, -0.2) is 35.1 Å². The molecule has 2 rings (SSSR count). The standard InChI is InChI=1S/C24H32FN3O3S/c1-16(2)15-21(27-22(30)17-5-7-18(25)8-6-17)23(31)26-19-9-11-20(12-10-19)32-28-24(3,4)13-14-29/h5-12,16,21,28-29H,13-15H2,1-4H3,(H,26,31)(H,27,30). The summed E-state index contributed by atoms with van der Waals surface area (Å²) in [5, 5.41) is 14.7. The van der Waals surface area contributed by atoms with Crippen molar-refractivity contribution in [1.29, 1.82) is 0 Å². The highest BCUT2D eigenvalue weighted by Gasteiger charge is 2.23. The first-order valence-electron chi connectivity index (χ1n) is 10.6. The number of hydrogen-bond acceptors (Lipinski definition) is 5. The van der Waals surface area contributed by atoms with E-state index >= 15 is 0 Å². The van der Waals surface area contributed by atoms with Gasteiger partial charge < -0.3 is 15.7 Å². The van der Waals surface area contributed by atoms with Gasteiger partial charge in [-0.2, -0.15) is 0 Å². The summed E-state index contributed by atoms with van der Waals surface area (Å²) >= 11 is 1.46. The smallest absolute Gasteiger partial charge is 0.251 e. The number of rotatable bonds is 11. The lowest BCUT2D eigenvalue weighted by Crippen LogP contribution is -2.44. The molecule has 8 heteroatoms. The van der Waals surface area contributed by atoms with Crippen molar-refractivity contribution in [3.05, 3.63) is 59.9 Å². The number of aliphatic hydroxyl groups is 1. The largest absolute Gasteiger partial charge is 0.396 e. The molecular formula is C24H32FN3O3S. The molecule has 32 heavy (non-hydrogen) atoms. The maximum Gasteiger partial charge on any atom is 0.251 e. The molecule has 0 saturated carbocycles. The number of amides is 2. The van der Waals surface area contributed by atoms with Crippen molar-refractivity contribution >= 4 is 29.4 Å². The van der Waals surface area contributed by atoms with E-state index in [4.69, 9.17) is 5.11 Å². The fraction of sp³-hybridized carbons (Fsp3) is 0.417. The van der Waals surface area contributed by atoms with Gasteiger partial charge in [0.05, 0.1) is 0 Å². The summed E-state index contributed by atoms with van der Waals surface area (Å²) in [5.41, 5.74) is 0.712. The fourth-order valence-electron chi connectivity index (χ4n) is 2.91. The maximum atomic E-state index is 13.1. The highest BCUT2D eigenvalue weighted by Crippen LogP contribution is 2.22. The second-order valence-electron chi connectivity index (χ2n) is 8.74. The second-order valence-corrected chi connectivity index (χ2v) is 9.62. The minimum atomic E-state index is -0.720. The Balaban J connectivity index is 1.99. The van der Waals surface area contributed by atoms with Crippen molar-refractivity contribution in [2.75, 3.05) is 11.9 Å². The molecule has 0 aliphatic carbocycles. The zero-order valence-corrected chi connectivity index (χ0v) is 19.8. The van der Waals surface area contributed by atoms with Crippen molar-refractivity contribution in [3.63, 3.8) is 0 Å². The van der Waals surface area contributed by atoms with Crippen molar-refractivity contribution in [2.24, 2.45) is 5.92 Å². The van der Waals surface area contributed by atoms with Crippen molar-refractivity contribution in [2.45, 2.75) is 57.0 Å². The van der Waals surface area contributed by atoms with Gasteiger partial charge in [0.15, 0.2) is 0 Å². The van der Waals surface area contributed by atoms with Crippen LogP contribution >= 0.6 is 11.9 Å². The molecule has 6 nitrogen and oxygen atoms in total. The highest BCUT2D eigenvalue weighted by atomic mass is 32.2. The van der Waals surface area contributed by atoms with Crippen LogP contribution in [0.2, 0.25) is 0 Å². The molecule has 0 radical (unpaired) electrons. The minimum Gasteiger partial charge on any atom is -0.396 e. The van der Waals surface area contributed by atoms with Crippen LogP contribution in [0.5, 0.6) is 0 Å². The molecule has 2 aromatic carbocycles. The van der Waals surface area contributed by atoms with Crippen LogP contribution in [0.1, 0.15) is 50.9 Å². The molecule has 2 amide bonds. The Labute approximate surface area is 193 Å². The fourth-order valence-corrected chi connectivity index (χ4v) is 3.68. The molecule has 0 heterocycles. The topological polar surface area (TPSA) is 90.5 Å². The molecule has 4 N–H and O–H groups in total. The number of carbonyl (C=O) groups is 2. The zero-order chi connectivity index (χ0) is 23.7. The molecule has 2 aromatic rings. The van der Waals surface area contributed by atoms with E-state index in [-0.39, 0.29) is 24.0 Å². The second kappa shape index (κ2) is 12.0. The first kappa shape index (κ1) is 25.8. The predicted molar refractivity (Wildman–Crippen MR) is 127 cm³/mol. The van der Waals surface area contributed by atoms with Crippen LogP contribution < -0.4 is 15.4 Å². The van der Waals surface area contributed by atoms with E-state index in [0.717, 1.165) is 4.90 Å². The summed E-state index contributed by atoms with van der Waals surface area (Å²) in [6, 6.07) is 11.9. The lowest BCUT2D eigenvalue weighted by atomic mass is 10.0. The van der Waals surface area contributed by atoms with Crippen molar-refractivity contribution in [3.8, 4) is 0 Å². The molecule has 0 aliphatic heterocycles. The summed E-state index contributed by atoms with van der Waals surface area (Å²) in [5.74, 6) is -0.968. The molecule has 174 valence electrons. The van der Waals surface area contributed by atoms with E-state index in [1.54, 1.807) is 12.1 Å². The quantitative estimate of drug-likeness (QED) is 0.373. The van der Waals surface area contributed by atoms with Crippen LogP contribution in [0.25, 0.3) is 0 Å². The summed E-state index contributed by atoms with van der Waals surface area (Å²) < 4.78 is 16.4. The Morgan fingerprint density at radius 1 is 1.06 bits per heavy atom. The lowest BCUT2D eigenvalue weighted by molar-refractivity contribution is -0.118. The number of nitrogens with one attached hydrogen (secondary N) is 3. The van der Waals surface area contributed by atoms with Crippen LogP contribution in [0.15, 0.2) is 53.4 Å². The van der Waals surface area contributed by atoms with Crippen molar-refractivity contribution in [1.82, 2.24) is 10.0 Å². The van der Waals surface area contributed by atoms with Gasteiger partial charge in [-0.25, -0.2) is 4.39 Å². The zero-order valence-electron chi connectivity index (χ0n) is 18.9. The molecular weight excluding hydrogens is 429 g/mol. The monoisotopic (exact) mass is 461 g/mol. The normalized spacial score (nSPS) is 12.5. The number of hydrogen-bond donors (Lipinski definition) is 4. The molecule has 0 bridgehead atoms. The molecule has 0 spiro atoms. The Kier molecular flexibility index (Phi) is 9.68. The maximum absolute atomic E-state index is 13.1. The van der Waals surface area contributed by atoms with Crippen LogP contribution in [-0.2, 0) is 4.79 Å². The Hall–Kier alpha value is -2.42. The van der Waals surface area contributed by atoms with E-state index in [9.17, 15) is 14.0 Å². The van der Waals surface area contributed by atoms with E-state index in [2.05, 4.69) is 15.4 Å². The van der Waals surface area contributed by atoms with Gasteiger partial charge in [0.25, 0.3) is 5.91 Å². The third-order valence-electron chi connectivity index (χ3n) is 4.74. The van der Waals surface area contributed by atoms with Gasteiger partial charge in [-0.1, -0.05) is 13.8 Å². The number of aliphatic hydroxyl groups excluding tert-OH is 1. The molecule has 0 aromatic heterocycles. The number of carbonyl (C=O) groups excluding carboxylic acids is 2. The average Bonchev–Trinajstić information content (AvgIpc) is 2.73. The van der Waals surface area contributed by atoms with Crippen LogP contribution in [0.3, 0.4) is 0 Å². The number of halogens is 1. The number of anilines is 1. The van der Waals surface area contributed by atoms with Gasteiger partial charge >= 0.3 is 0 Å². The van der Waals surface area contributed by atoms with Crippen LogP contribution in [0, 0.1) is 11.7 Å². The summed E-state index contributed by atoms with van der Waals surface area (Å²) in [4.78, 5) is 26.3. The van der Waals surface area contributed by atoms with Gasteiger partial charge in [-0.3, -0.25) is 14.3 Å². The first-order valence-corrected chi connectivity index (χ1v) is 11.4. The van der Waals surface area contributed by atoms with Crippen LogP contribution in [0.4, 0.5) is 10.1 Å². The summed E-state index contributed by atoms with van der Waals surface area (Å²) in [6.07, 6.45) is 1.10. The Morgan fingerprint density at radius 2 is 1.69 bits per heavy atom. The summed E-state index contributed by atoms with van der Waals surface area (Å²) in [7, 11) is 0. The molecule has 0 fully saturated rings. The van der Waals surface area contributed by atoms with Crippen molar-refractivity contribution < 1.29 is 19.1 Å². The van der Waals surface area contributed by atoms with Gasteiger partial charge in [0.1, 0.15) is 11.9 Å². The Bertz CT molecular complexity index is 886. The summed E-state index contributed by atoms with van der Waals surface area (Å²) in [6.45, 7) is 8.09. The SMILES string of the molecule is CC(C)CC(NC(=O)c1ccc(F)cc1)C(=O)Nc1ccc(SNC(C)(C)CCO)cc1. The lowest BCUT2D eigenvalue weighted by Gasteiger charge is -2.24. The molecule has 1 unspecified atom stereocenters.